The van der Waals surface area contributed by atoms with Crippen molar-refractivity contribution in [3.63, 3.8) is 0 Å². The lowest BCUT2D eigenvalue weighted by Gasteiger charge is -2.13. The van der Waals surface area contributed by atoms with Crippen molar-refractivity contribution in [1.29, 1.82) is 0 Å². The summed E-state index contributed by atoms with van der Waals surface area (Å²) in [5.41, 5.74) is 0.668. The Bertz CT molecular complexity index is 367. The molecule has 0 bridgehead atoms. The fraction of sp³-hybridized carbons (Fsp3) is 0.417. The summed E-state index contributed by atoms with van der Waals surface area (Å²) < 4.78 is 0. The van der Waals surface area contributed by atoms with E-state index in [0.29, 0.717) is 10.7 Å². The molecule has 17 heavy (non-hydrogen) atoms. The SMILES string of the molecule is CCC(CO)NCC(=O)Nc1cccc(Cl)c1. The predicted octanol–water partition coefficient (Wildman–Crippen LogP) is 1.64. The van der Waals surface area contributed by atoms with Crippen LogP contribution in [0.25, 0.3) is 0 Å². The Balaban J connectivity index is 2.39. The van der Waals surface area contributed by atoms with E-state index in [2.05, 4.69) is 10.6 Å². The summed E-state index contributed by atoms with van der Waals surface area (Å²) in [5.74, 6) is -0.154. The average Bonchev–Trinajstić information content (AvgIpc) is 2.30. The summed E-state index contributed by atoms with van der Waals surface area (Å²) in [6.07, 6.45) is 0.779. The summed E-state index contributed by atoms with van der Waals surface area (Å²) in [6, 6.07) is 6.93. The number of benzene rings is 1. The van der Waals surface area contributed by atoms with Gasteiger partial charge in [-0.1, -0.05) is 24.6 Å². The molecule has 0 heterocycles. The molecule has 1 aromatic rings. The first kappa shape index (κ1) is 14.0. The maximum absolute atomic E-state index is 11.6. The minimum Gasteiger partial charge on any atom is -0.395 e. The maximum atomic E-state index is 11.6. The quantitative estimate of drug-likeness (QED) is 0.725. The first-order valence-corrected chi connectivity index (χ1v) is 5.93. The van der Waals surface area contributed by atoms with Crippen molar-refractivity contribution in [1.82, 2.24) is 5.32 Å². The molecule has 3 N–H and O–H groups in total. The van der Waals surface area contributed by atoms with Crippen LogP contribution in [0.3, 0.4) is 0 Å². The monoisotopic (exact) mass is 256 g/mol. The van der Waals surface area contributed by atoms with Crippen molar-refractivity contribution in [2.75, 3.05) is 18.5 Å². The Morgan fingerprint density at radius 3 is 2.88 bits per heavy atom. The van der Waals surface area contributed by atoms with Crippen molar-refractivity contribution in [3.05, 3.63) is 29.3 Å². The highest BCUT2D eigenvalue weighted by Crippen LogP contribution is 2.14. The molecule has 94 valence electrons. The second-order valence-corrected chi connectivity index (χ2v) is 4.16. The maximum Gasteiger partial charge on any atom is 0.238 e. The number of halogens is 1. The van der Waals surface area contributed by atoms with Crippen LogP contribution in [0.5, 0.6) is 0 Å². The summed E-state index contributed by atoms with van der Waals surface area (Å²) in [5, 5.41) is 15.2. The van der Waals surface area contributed by atoms with Crippen molar-refractivity contribution >= 4 is 23.2 Å². The molecule has 1 atom stereocenters. The zero-order chi connectivity index (χ0) is 12.7. The summed E-state index contributed by atoms with van der Waals surface area (Å²) in [6.45, 7) is 2.15. The van der Waals surface area contributed by atoms with Crippen LogP contribution in [0.2, 0.25) is 5.02 Å². The summed E-state index contributed by atoms with van der Waals surface area (Å²) in [4.78, 5) is 11.6. The van der Waals surface area contributed by atoms with Crippen LogP contribution in [0.4, 0.5) is 5.69 Å². The Labute approximate surface area is 106 Å². The largest absolute Gasteiger partial charge is 0.395 e. The van der Waals surface area contributed by atoms with Gasteiger partial charge in [0.05, 0.1) is 13.2 Å². The van der Waals surface area contributed by atoms with Crippen LogP contribution < -0.4 is 10.6 Å². The van der Waals surface area contributed by atoms with Gasteiger partial charge in [0.25, 0.3) is 0 Å². The van der Waals surface area contributed by atoms with Gasteiger partial charge in [-0.05, 0) is 24.6 Å². The van der Waals surface area contributed by atoms with Crippen molar-refractivity contribution < 1.29 is 9.90 Å². The lowest BCUT2D eigenvalue weighted by Crippen LogP contribution is -2.37. The van der Waals surface area contributed by atoms with Gasteiger partial charge in [-0.15, -0.1) is 0 Å². The highest BCUT2D eigenvalue weighted by Gasteiger charge is 2.07. The highest BCUT2D eigenvalue weighted by atomic mass is 35.5. The third-order valence-corrected chi connectivity index (χ3v) is 2.61. The highest BCUT2D eigenvalue weighted by molar-refractivity contribution is 6.30. The van der Waals surface area contributed by atoms with Crippen LogP contribution in [0.1, 0.15) is 13.3 Å². The number of carbonyl (C=O) groups excluding carboxylic acids is 1. The molecule has 1 aromatic carbocycles. The number of rotatable bonds is 6. The molecule has 0 saturated heterocycles. The van der Waals surface area contributed by atoms with E-state index >= 15 is 0 Å². The van der Waals surface area contributed by atoms with E-state index in [4.69, 9.17) is 16.7 Å². The van der Waals surface area contributed by atoms with Gasteiger partial charge in [-0.3, -0.25) is 4.79 Å². The molecule has 5 heteroatoms. The van der Waals surface area contributed by atoms with Gasteiger partial charge in [0.15, 0.2) is 0 Å². The van der Waals surface area contributed by atoms with Gasteiger partial charge in [0, 0.05) is 16.8 Å². The molecule has 0 aliphatic heterocycles. The minimum absolute atomic E-state index is 0.0287. The second kappa shape index (κ2) is 7.27. The van der Waals surface area contributed by atoms with Gasteiger partial charge in [-0.25, -0.2) is 0 Å². The topological polar surface area (TPSA) is 61.4 Å². The Hall–Kier alpha value is -1.10. The molecule has 0 aliphatic rings. The average molecular weight is 257 g/mol. The molecule has 1 amide bonds. The molecular formula is C12H17ClN2O2. The van der Waals surface area contributed by atoms with Gasteiger partial charge < -0.3 is 15.7 Å². The van der Waals surface area contributed by atoms with E-state index < -0.39 is 0 Å². The van der Waals surface area contributed by atoms with Gasteiger partial charge in [0.2, 0.25) is 5.91 Å². The van der Waals surface area contributed by atoms with E-state index in [9.17, 15) is 4.79 Å². The lowest BCUT2D eigenvalue weighted by molar-refractivity contribution is -0.115. The Morgan fingerprint density at radius 1 is 1.53 bits per heavy atom. The zero-order valence-corrected chi connectivity index (χ0v) is 10.5. The van der Waals surface area contributed by atoms with Crippen LogP contribution in [-0.2, 0) is 4.79 Å². The fourth-order valence-electron chi connectivity index (χ4n) is 1.35. The zero-order valence-electron chi connectivity index (χ0n) is 9.74. The van der Waals surface area contributed by atoms with Crippen LogP contribution in [-0.4, -0.2) is 30.2 Å². The summed E-state index contributed by atoms with van der Waals surface area (Å²) in [7, 11) is 0. The third-order valence-electron chi connectivity index (χ3n) is 2.37. The molecule has 0 fully saturated rings. The molecule has 0 radical (unpaired) electrons. The smallest absolute Gasteiger partial charge is 0.238 e. The van der Waals surface area contributed by atoms with Gasteiger partial charge in [0.1, 0.15) is 0 Å². The molecule has 0 aliphatic carbocycles. The van der Waals surface area contributed by atoms with E-state index in [1.165, 1.54) is 0 Å². The molecule has 0 saturated carbocycles. The fourth-order valence-corrected chi connectivity index (χ4v) is 1.54. The van der Waals surface area contributed by atoms with Crippen LogP contribution >= 0.6 is 11.6 Å². The number of nitrogens with one attached hydrogen (secondary N) is 2. The number of carbonyl (C=O) groups is 1. The molecule has 4 nitrogen and oxygen atoms in total. The second-order valence-electron chi connectivity index (χ2n) is 3.73. The third kappa shape index (κ3) is 5.17. The normalized spacial score (nSPS) is 12.2. The van der Waals surface area contributed by atoms with E-state index in [-0.39, 0.29) is 25.1 Å². The number of aliphatic hydroxyl groups excluding tert-OH is 1. The predicted molar refractivity (Wildman–Crippen MR) is 69.2 cm³/mol. The van der Waals surface area contributed by atoms with E-state index in [0.717, 1.165) is 6.42 Å². The molecule has 1 unspecified atom stereocenters. The number of anilines is 1. The molecule has 0 spiro atoms. The Morgan fingerprint density at radius 2 is 2.29 bits per heavy atom. The Kier molecular flexibility index (Phi) is 5.97. The molecular weight excluding hydrogens is 240 g/mol. The summed E-state index contributed by atoms with van der Waals surface area (Å²) >= 11 is 5.80. The van der Waals surface area contributed by atoms with Crippen LogP contribution in [0, 0.1) is 0 Å². The van der Waals surface area contributed by atoms with E-state index in [1.54, 1.807) is 24.3 Å². The minimum atomic E-state index is -0.154. The van der Waals surface area contributed by atoms with Gasteiger partial charge in [-0.2, -0.15) is 0 Å². The van der Waals surface area contributed by atoms with Crippen molar-refractivity contribution in [2.45, 2.75) is 19.4 Å². The number of aliphatic hydroxyl groups is 1. The number of amides is 1. The molecule has 0 aromatic heterocycles. The lowest BCUT2D eigenvalue weighted by atomic mass is 10.2. The van der Waals surface area contributed by atoms with Crippen LogP contribution in [0.15, 0.2) is 24.3 Å². The van der Waals surface area contributed by atoms with Crippen molar-refractivity contribution in [3.8, 4) is 0 Å². The van der Waals surface area contributed by atoms with E-state index in [1.807, 2.05) is 6.92 Å². The number of hydrogen-bond acceptors (Lipinski definition) is 3. The molecule has 1 rings (SSSR count). The first-order chi connectivity index (χ1) is 8.15. The first-order valence-electron chi connectivity index (χ1n) is 5.55. The van der Waals surface area contributed by atoms with Crippen molar-refractivity contribution in [2.24, 2.45) is 0 Å². The van der Waals surface area contributed by atoms with Gasteiger partial charge >= 0.3 is 0 Å². The standard InChI is InChI=1S/C12H17ClN2O2/c1-2-10(8-16)14-7-12(17)15-11-5-3-4-9(13)6-11/h3-6,10,14,16H,2,7-8H2,1H3,(H,15,17). The number of hydrogen-bond donors (Lipinski definition) is 3.